The normalized spacial score (nSPS) is 13.8. The quantitative estimate of drug-likeness (QED) is 0.709. The average Bonchev–Trinajstić information content (AvgIpc) is 2.45. The Morgan fingerprint density at radius 1 is 1.38 bits per heavy atom. The fraction of sp³-hybridized carbons (Fsp3) is 0.533. The highest BCUT2D eigenvalue weighted by atomic mass is 19.1. The second kappa shape index (κ2) is 8.59. The Labute approximate surface area is 124 Å². The summed E-state index contributed by atoms with van der Waals surface area (Å²) in [4.78, 5) is 11.5. The molecule has 0 aliphatic heterocycles. The van der Waals surface area contributed by atoms with E-state index in [4.69, 9.17) is 4.74 Å². The maximum Gasteiger partial charge on any atom is 0.323 e. The van der Waals surface area contributed by atoms with Crippen molar-refractivity contribution in [3.8, 4) is 5.75 Å². The van der Waals surface area contributed by atoms with Gasteiger partial charge in [0.05, 0.1) is 7.11 Å². The Bertz CT molecular complexity index is 453. The summed E-state index contributed by atoms with van der Waals surface area (Å²) < 4.78 is 23.2. The van der Waals surface area contributed by atoms with E-state index in [0.29, 0.717) is 0 Å². The van der Waals surface area contributed by atoms with E-state index in [0.717, 1.165) is 0 Å². The first-order valence-corrected chi connectivity index (χ1v) is 6.82. The molecule has 0 radical (unpaired) electrons. The highest BCUT2D eigenvalue weighted by molar-refractivity contribution is 5.75. The molecule has 0 spiro atoms. The van der Waals surface area contributed by atoms with Crippen LogP contribution in [0, 0.1) is 11.7 Å². The average molecular weight is 299 g/mol. The van der Waals surface area contributed by atoms with Gasteiger partial charge in [-0.3, -0.25) is 4.79 Å². The Morgan fingerprint density at radius 3 is 2.62 bits per heavy atom. The molecular weight excluding hydrogens is 277 g/mol. The predicted octanol–water partition coefficient (Wildman–Crippen LogP) is 1.35. The van der Waals surface area contributed by atoms with Gasteiger partial charge < -0.3 is 19.9 Å². The van der Waals surface area contributed by atoms with Crippen LogP contribution in [-0.4, -0.2) is 43.5 Å². The lowest BCUT2D eigenvalue weighted by Crippen LogP contribution is -2.46. The fourth-order valence-electron chi connectivity index (χ4n) is 1.79. The Hall–Kier alpha value is -1.66. The smallest absolute Gasteiger partial charge is 0.323 e. The summed E-state index contributed by atoms with van der Waals surface area (Å²) in [5.41, 5.74) is 0. The molecule has 0 amide bonds. The van der Waals surface area contributed by atoms with Crippen LogP contribution in [0.5, 0.6) is 5.75 Å². The molecule has 2 N–H and O–H groups in total. The van der Waals surface area contributed by atoms with Crippen LogP contribution < -0.4 is 10.1 Å². The lowest BCUT2D eigenvalue weighted by molar-refractivity contribution is -0.144. The van der Waals surface area contributed by atoms with Gasteiger partial charge in [-0.25, -0.2) is 4.39 Å². The van der Waals surface area contributed by atoms with Crippen molar-refractivity contribution in [1.29, 1.82) is 0 Å². The van der Waals surface area contributed by atoms with E-state index in [2.05, 4.69) is 10.1 Å². The SMILES string of the molecule is COC(=O)C(NCC(O)COc1ccccc1F)C(C)C. The maximum absolute atomic E-state index is 13.3. The van der Waals surface area contributed by atoms with Gasteiger partial charge in [0, 0.05) is 6.54 Å². The monoisotopic (exact) mass is 299 g/mol. The zero-order chi connectivity index (χ0) is 15.8. The van der Waals surface area contributed by atoms with Crippen LogP contribution in [0.2, 0.25) is 0 Å². The molecule has 0 aliphatic carbocycles. The molecular formula is C15H22FNO4. The lowest BCUT2D eigenvalue weighted by Gasteiger charge is -2.21. The van der Waals surface area contributed by atoms with Crippen molar-refractivity contribution in [2.75, 3.05) is 20.3 Å². The zero-order valence-electron chi connectivity index (χ0n) is 12.5. The minimum Gasteiger partial charge on any atom is -0.488 e. The third-order valence-electron chi connectivity index (χ3n) is 2.96. The number of benzene rings is 1. The van der Waals surface area contributed by atoms with Crippen molar-refractivity contribution in [1.82, 2.24) is 5.32 Å². The van der Waals surface area contributed by atoms with E-state index in [9.17, 15) is 14.3 Å². The molecule has 0 fully saturated rings. The maximum atomic E-state index is 13.3. The Kier molecular flexibility index (Phi) is 7.11. The molecule has 1 aromatic rings. The third-order valence-corrected chi connectivity index (χ3v) is 2.96. The number of esters is 1. The van der Waals surface area contributed by atoms with E-state index >= 15 is 0 Å². The summed E-state index contributed by atoms with van der Waals surface area (Å²) in [7, 11) is 1.32. The van der Waals surface area contributed by atoms with Gasteiger partial charge in [0.2, 0.25) is 0 Å². The van der Waals surface area contributed by atoms with Gasteiger partial charge in [0.15, 0.2) is 11.6 Å². The number of para-hydroxylation sites is 1. The van der Waals surface area contributed by atoms with Crippen molar-refractivity contribution in [2.24, 2.45) is 5.92 Å². The largest absolute Gasteiger partial charge is 0.488 e. The van der Waals surface area contributed by atoms with Gasteiger partial charge in [-0.1, -0.05) is 26.0 Å². The zero-order valence-corrected chi connectivity index (χ0v) is 12.5. The molecule has 2 unspecified atom stereocenters. The summed E-state index contributed by atoms with van der Waals surface area (Å²) in [6.07, 6.45) is -0.865. The number of aliphatic hydroxyl groups excluding tert-OH is 1. The highest BCUT2D eigenvalue weighted by Gasteiger charge is 2.23. The van der Waals surface area contributed by atoms with Crippen LogP contribution in [-0.2, 0) is 9.53 Å². The molecule has 5 nitrogen and oxygen atoms in total. The van der Waals surface area contributed by atoms with E-state index in [-0.39, 0.29) is 30.8 Å². The number of carbonyl (C=O) groups excluding carboxylic acids is 1. The Morgan fingerprint density at radius 2 is 2.05 bits per heavy atom. The van der Waals surface area contributed by atoms with Gasteiger partial charge in [-0.05, 0) is 18.1 Å². The molecule has 2 atom stereocenters. The number of ether oxygens (including phenoxy) is 2. The molecule has 6 heteroatoms. The van der Waals surface area contributed by atoms with Gasteiger partial charge in [-0.15, -0.1) is 0 Å². The van der Waals surface area contributed by atoms with Crippen molar-refractivity contribution in [2.45, 2.75) is 26.0 Å². The molecule has 0 heterocycles. The fourth-order valence-corrected chi connectivity index (χ4v) is 1.79. The van der Waals surface area contributed by atoms with Crippen LogP contribution in [0.15, 0.2) is 24.3 Å². The van der Waals surface area contributed by atoms with Gasteiger partial charge in [0.1, 0.15) is 18.8 Å². The van der Waals surface area contributed by atoms with Crippen molar-refractivity contribution in [3.63, 3.8) is 0 Å². The summed E-state index contributed by atoms with van der Waals surface area (Å²) >= 11 is 0. The number of hydrogen-bond acceptors (Lipinski definition) is 5. The second-order valence-electron chi connectivity index (χ2n) is 5.05. The minimum atomic E-state index is -0.865. The highest BCUT2D eigenvalue weighted by Crippen LogP contribution is 2.15. The summed E-state index contributed by atoms with van der Waals surface area (Å²) in [6.45, 7) is 3.82. The third kappa shape index (κ3) is 5.69. The molecule has 1 aromatic carbocycles. The predicted molar refractivity (Wildman–Crippen MR) is 76.5 cm³/mol. The first-order valence-electron chi connectivity index (χ1n) is 6.82. The van der Waals surface area contributed by atoms with Crippen LogP contribution in [0.25, 0.3) is 0 Å². The van der Waals surface area contributed by atoms with Crippen molar-refractivity contribution in [3.05, 3.63) is 30.1 Å². The second-order valence-corrected chi connectivity index (χ2v) is 5.05. The van der Waals surface area contributed by atoms with Crippen LogP contribution in [0.3, 0.4) is 0 Å². The Balaban J connectivity index is 2.41. The van der Waals surface area contributed by atoms with Gasteiger partial charge >= 0.3 is 5.97 Å². The van der Waals surface area contributed by atoms with E-state index in [1.807, 2.05) is 13.8 Å². The summed E-state index contributed by atoms with van der Waals surface area (Å²) in [5, 5.41) is 12.7. The first kappa shape index (κ1) is 17.4. The molecule has 0 aliphatic rings. The molecule has 0 bridgehead atoms. The molecule has 1 rings (SSSR count). The van der Waals surface area contributed by atoms with Gasteiger partial charge in [0.25, 0.3) is 0 Å². The number of carbonyl (C=O) groups is 1. The first-order chi connectivity index (χ1) is 9.95. The summed E-state index contributed by atoms with van der Waals surface area (Å²) in [5.74, 6) is -0.749. The number of nitrogens with one attached hydrogen (secondary N) is 1. The van der Waals surface area contributed by atoms with Crippen LogP contribution in [0.1, 0.15) is 13.8 Å². The molecule has 0 saturated carbocycles. The number of halogens is 1. The molecule has 21 heavy (non-hydrogen) atoms. The van der Waals surface area contributed by atoms with E-state index in [1.54, 1.807) is 12.1 Å². The topological polar surface area (TPSA) is 67.8 Å². The summed E-state index contributed by atoms with van der Waals surface area (Å²) in [6, 6.07) is 5.48. The molecule has 0 aromatic heterocycles. The standard InChI is InChI=1S/C15H22FNO4/c1-10(2)14(15(19)20-3)17-8-11(18)9-21-13-7-5-4-6-12(13)16/h4-7,10-11,14,17-18H,8-9H2,1-3H3. The number of aliphatic hydroxyl groups is 1. The lowest BCUT2D eigenvalue weighted by atomic mass is 10.0. The number of hydrogen-bond donors (Lipinski definition) is 2. The van der Waals surface area contributed by atoms with Crippen molar-refractivity contribution < 1.29 is 23.8 Å². The van der Waals surface area contributed by atoms with Crippen molar-refractivity contribution >= 4 is 5.97 Å². The number of methoxy groups -OCH3 is 1. The van der Waals surface area contributed by atoms with Crippen LogP contribution in [0.4, 0.5) is 4.39 Å². The van der Waals surface area contributed by atoms with E-state index in [1.165, 1.54) is 19.2 Å². The van der Waals surface area contributed by atoms with E-state index < -0.39 is 18.0 Å². The molecule has 0 saturated heterocycles. The minimum absolute atomic E-state index is 0.0251. The van der Waals surface area contributed by atoms with Gasteiger partial charge in [-0.2, -0.15) is 0 Å². The molecule has 118 valence electrons. The van der Waals surface area contributed by atoms with Crippen LogP contribution >= 0.6 is 0 Å². The number of rotatable bonds is 8.